The number of nitriles is 1. The van der Waals surface area contributed by atoms with E-state index in [1.54, 1.807) is 11.3 Å². The lowest BCUT2D eigenvalue weighted by atomic mass is 9.98. The quantitative estimate of drug-likeness (QED) is 0.255. The molecule has 30 heavy (non-hydrogen) atoms. The van der Waals surface area contributed by atoms with Crippen molar-refractivity contribution in [2.75, 3.05) is 6.61 Å². The minimum atomic E-state index is 0.00715. The van der Waals surface area contributed by atoms with Crippen molar-refractivity contribution in [1.82, 2.24) is 0 Å². The Balaban J connectivity index is 1.84. The summed E-state index contributed by atoms with van der Waals surface area (Å²) in [5, 5.41) is 11.9. The van der Waals surface area contributed by atoms with Gasteiger partial charge >= 0.3 is 0 Å². The summed E-state index contributed by atoms with van der Waals surface area (Å²) in [5.41, 5.74) is 1.89. The van der Waals surface area contributed by atoms with Gasteiger partial charge in [0.1, 0.15) is 11.8 Å². The highest BCUT2D eigenvalue weighted by Gasteiger charge is 2.20. The van der Waals surface area contributed by atoms with Gasteiger partial charge in [-0.3, -0.25) is 4.79 Å². The number of hydrogen-bond donors (Lipinski definition) is 0. The van der Waals surface area contributed by atoms with Gasteiger partial charge in [-0.2, -0.15) is 5.26 Å². The van der Waals surface area contributed by atoms with Crippen LogP contribution in [0.15, 0.2) is 59.1 Å². The normalized spacial score (nSPS) is 11.0. The van der Waals surface area contributed by atoms with Crippen LogP contribution in [0.4, 0.5) is 0 Å². The summed E-state index contributed by atoms with van der Waals surface area (Å²) in [6, 6.07) is 20.2. The Hall–Kier alpha value is -2.68. The Labute approximate surface area is 188 Å². The zero-order chi connectivity index (χ0) is 21.1. The van der Waals surface area contributed by atoms with Gasteiger partial charge in [0.15, 0.2) is 12.4 Å². The predicted molar refractivity (Wildman–Crippen MR) is 127 cm³/mol. The van der Waals surface area contributed by atoms with Gasteiger partial charge in [-0.15, -0.1) is 11.3 Å². The topological polar surface area (TPSA) is 50.1 Å². The number of carbonyl (C=O) groups is 1. The summed E-state index contributed by atoms with van der Waals surface area (Å²) in [6.45, 7) is 2.11. The lowest BCUT2D eigenvalue weighted by molar-refractivity contribution is 0.0982. The molecular formula is C25H20BrNO2S. The molecule has 0 aliphatic carbocycles. The van der Waals surface area contributed by atoms with Crippen LogP contribution >= 0.6 is 27.3 Å². The van der Waals surface area contributed by atoms with Gasteiger partial charge in [-0.05, 0) is 56.9 Å². The van der Waals surface area contributed by atoms with E-state index in [0.29, 0.717) is 12.2 Å². The van der Waals surface area contributed by atoms with E-state index in [1.165, 1.54) is 0 Å². The molecule has 3 aromatic carbocycles. The Morgan fingerprint density at radius 2 is 1.97 bits per heavy atom. The number of fused-ring (bicyclic) bond motifs is 2. The number of halogens is 1. The Kier molecular flexibility index (Phi) is 6.17. The average molecular weight is 478 g/mol. The van der Waals surface area contributed by atoms with E-state index >= 15 is 0 Å². The summed E-state index contributed by atoms with van der Waals surface area (Å²) in [4.78, 5) is 14.1. The van der Waals surface area contributed by atoms with Gasteiger partial charge in [0.2, 0.25) is 0 Å². The first kappa shape index (κ1) is 20.6. The molecule has 0 unspecified atom stereocenters. The van der Waals surface area contributed by atoms with Crippen LogP contribution in [-0.4, -0.2) is 12.4 Å². The molecule has 0 amide bonds. The fourth-order valence-electron chi connectivity index (χ4n) is 3.62. The number of thiophene rings is 1. The summed E-state index contributed by atoms with van der Waals surface area (Å²) in [5.74, 6) is 0.861. The number of rotatable bonds is 7. The number of Topliss-reactive ketones (excluding diaryl/α,β-unsaturated/α-hetero) is 1. The van der Waals surface area contributed by atoms with Gasteiger partial charge in [0.25, 0.3) is 0 Å². The molecular weight excluding hydrogens is 458 g/mol. The highest BCUT2D eigenvalue weighted by atomic mass is 79.9. The van der Waals surface area contributed by atoms with Crippen molar-refractivity contribution >= 4 is 53.9 Å². The molecule has 0 fully saturated rings. The van der Waals surface area contributed by atoms with Gasteiger partial charge in [0, 0.05) is 26.9 Å². The Bertz CT molecular complexity index is 1290. The second-order valence-electron chi connectivity index (χ2n) is 7.09. The molecule has 0 spiro atoms. The van der Waals surface area contributed by atoms with Gasteiger partial charge in [0.05, 0.1) is 4.47 Å². The van der Waals surface area contributed by atoms with Crippen LogP contribution < -0.4 is 4.74 Å². The van der Waals surface area contributed by atoms with E-state index in [-0.39, 0.29) is 12.4 Å². The molecule has 5 heteroatoms. The van der Waals surface area contributed by atoms with Crippen LogP contribution in [0.25, 0.3) is 31.3 Å². The molecule has 0 radical (unpaired) electrons. The molecule has 4 rings (SSSR count). The predicted octanol–water partition coefficient (Wildman–Crippen LogP) is 7.76. The Morgan fingerprint density at radius 3 is 2.77 bits per heavy atom. The van der Waals surface area contributed by atoms with Crippen molar-refractivity contribution in [1.29, 1.82) is 5.26 Å². The highest BCUT2D eigenvalue weighted by molar-refractivity contribution is 9.10. The average Bonchev–Trinajstić information content (AvgIpc) is 3.16. The van der Waals surface area contributed by atoms with Crippen molar-refractivity contribution in [2.24, 2.45) is 0 Å². The van der Waals surface area contributed by atoms with E-state index < -0.39 is 0 Å². The molecule has 4 aromatic rings. The number of ether oxygens (including phenoxy) is 1. The second-order valence-corrected chi connectivity index (χ2v) is 8.93. The number of benzene rings is 3. The van der Waals surface area contributed by atoms with E-state index in [1.807, 2.05) is 42.5 Å². The SMILES string of the molecule is CCCCC(=O)c1c(-c2ccc3c(Br)c(OCC#N)ccc3c2)sc2ccccc12. The van der Waals surface area contributed by atoms with Gasteiger partial charge in [-0.1, -0.05) is 49.7 Å². The summed E-state index contributed by atoms with van der Waals surface area (Å²) < 4.78 is 7.45. The third-order valence-corrected chi connectivity index (χ3v) is 7.14. The van der Waals surface area contributed by atoms with Crippen LogP contribution in [0.2, 0.25) is 0 Å². The molecule has 0 saturated carbocycles. The van der Waals surface area contributed by atoms with Crippen LogP contribution in [0, 0.1) is 11.3 Å². The van der Waals surface area contributed by atoms with E-state index in [9.17, 15) is 4.79 Å². The fraction of sp³-hybridized carbons (Fsp3) is 0.200. The maximum Gasteiger partial charge on any atom is 0.174 e. The van der Waals surface area contributed by atoms with E-state index in [0.717, 1.165) is 54.2 Å². The monoisotopic (exact) mass is 477 g/mol. The lowest BCUT2D eigenvalue weighted by Crippen LogP contribution is -1.99. The molecule has 0 aliphatic heterocycles. The van der Waals surface area contributed by atoms with E-state index in [4.69, 9.17) is 10.00 Å². The van der Waals surface area contributed by atoms with Crippen LogP contribution in [0.5, 0.6) is 5.75 Å². The summed E-state index contributed by atoms with van der Waals surface area (Å²) in [7, 11) is 0. The number of hydrogen-bond acceptors (Lipinski definition) is 4. The standard InChI is InChI=1S/C25H20BrNO2S/c1-2-3-7-20(28)23-19-6-4-5-8-22(19)30-25(23)17-9-11-18-16(15-17)10-12-21(24(18)26)29-14-13-27/h4-6,8-12,15H,2-3,7,14H2,1H3. The number of nitrogens with zero attached hydrogens (tertiary/aromatic N) is 1. The largest absolute Gasteiger partial charge is 0.478 e. The van der Waals surface area contributed by atoms with E-state index in [2.05, 4.69) is 41.1 Å². The minimum Gasteiger partial charge on any atom is -0.478 e. The fourth-order valence-corrected chi connectivity index (χ4v) is 5.45. The third kappa shape index (κ3) is 3.86. The summed E-state index contributed by atoms with van der Waals surface area (Å²) >= 11 is 5.27. The second kappa shape index (κ2) is 8.99. The number of unbranched alkanes of at least 4 members (excludes halogenated alkanes) is 1. The van der Waals surface area contributed by atoms with Crippen LogP contribution in [0.1, 0.15) is 36.5 Å². The number of carbonyl (C=O) groups excluding carboxylic acids is 1. The van der Waals surface area contributed by atoms with Crippen LogP contribution in [0.3, 0.4) is 0 Å². The number of ketones is 1. The van der Waals surface area contributed by atoms with Crippen molar-refractivity contribution in [3.8, 4) is 22.3 Å². The van der Waals surface area contributed by atoms with Crippen LogP contribution in [-0.2, 0) is 0 Å². The zero-order valence-corrected chi connectivity index (χ0v) is 19.0. The zero-order valence-electron chi connectivity index (χ0n) is 16.6. The molecule has 150 valence electrons. The molecule has 0 N–H and O–H groups in total. The first-order chi connectivity index (χ1) is 14.6. The molecule has 0 atom stereocenters. The molecule has 1 aromatic heterocycles. The maximum atomic E-state index is 13.1. The van der Waals surface area contributed by atoms with Crippen molar-refractivity contribution in [3.63, 3.8) is 0 Å². The van der Waals surface area contributed by atoms with Gasteiger partial charge < -0.3 is 4.74 Å². The molecule has 0 bridgehead atoms. The molecule has 0 aliphatic rings. The molecule has 1 heterocycles. The summed E-state index contributed by atoms with van der Waals surface area (Å²) in [6.07, 6.45) is 2.48. The van der Waals surface area contributed by atoms with Crippen molar-refractivity contribution in [2.45, 2.75) is 26.2 Å². The maximum absolute atomic E-state index is 13.1. The first-order valence-electron chi connectivity index (χ1n) is 9.91. The minimum absolute atomic E-state index is 0.00715. The Morgan fingerprint density at radius 1 is 1.13 bits per heavy atom. The first-order valence-corrected chi connectivity index (χ1v) is 11.5. The lowest BCUT2D eigenvalue weighted by Gasteiger charge is -2.10. The molecule has 3 nitrogen and oxygen atoms in total. The third-order valence-electron chi connectivity index (χ3n) is 5.10. The van der Waals surface area contributed by atoms with Crippen molar-refractivity contribution in [3.05, 3.63) is 64.6 Å². The smallest absolute Gasteiger partial charge is 0.174 e. The van der Waals surface area contributed by atoms with Gasteiger partial charge in [-0.25, -0.2) is 0 Å². The molecule has 0 saturated heterocycles. The van der Waals surface area contributed by atoms with Crippen molar-refractivity contribution < 1.29 is 9.53 Å². The highest BCUT2D eigenvalue weighted by Crippen LogP contribution is 2.42.